The summed E-state index contributed by atoms with van der Waals surface area (Å²) in [6.07, 6.45) is 4.22. The molecule has 2 aromatic rings. The van der Waals surface area contributed by atoms with Gasteiger partial charge in [-0.1, -0.05) is 49.7 Å². The Labute approximate surface area is 125 Å². The van der Waals surface area contributed by atoms with Gasteiger partial charge < -0.3 is 5.11 Å². The van der Waals surface area contributed by atoms with E-state index in [2.05, 4.69) is 43.3 Å². The third-order valence-electron chi connectivity index (χ3n) is 4.33. The van der Waals surface area contributed by atoms with E-state index >= 15 is 0 Å². The van der Waals surface area contributed by atoms with Gasteiger partial charge in [0.05, 0.1) is 6.42 Å². The van der Waals surface area contributed by atoms with Crippen LogP contribution in [0.1, 0.15) is 42.0 Å². The van der Waals surface area contributed by atoms with Gasteiger partial charge >= 0.3 is 5.97 Å². The van der Waals surface area contributed by atoms with Crippen LogP contribution in [0, 0.1) is 0 Å². The smallest absolute Gasteiger partial charge is 0.307 e. The van der Waals surface area contributed by atoms with Crippen LogP contribution < -0.4 is 0 Å². The Kier molecular flexibility index (Phi) is 3.78. The maximum atomic E-state index is 11.3. The monoisotopic (exact) mass is 280 g/mol. The molecule has 3 rings (SSSR count). The molecule has 0 fully saturated rings. The van der Waals surface area contributed by atoms with Crippen LogP contribution in [0.5, 0.6) is 0 Å². The van der Waals surface area contributed by atoms with Gasteiger partial charge in [-0.25, -0.2) is 0 Å². The lowest BCUT2D eigenvalue weighted by Crippen LogP contribution is -2.07. The number of carboxylic acid groups (broad SMARTS) is 1. The molecule has 1 aliphatic carbocycles. The van der Waals surface area contributed by atoms with Crippen molar-refractivity contribution in [3.05, 3.63) is 58.7 Å². The van der Waals surface area contributed by atoms with Crippen molar-refractivity contribution in [2.24, 2.45) is 0 Å². The van der Waals surface area contributed by atoms with Crippen molar-refractivity contribution < 1.29 is 9.90 Å². The number of carbonyl (C=O) groups is 1. The van der Waals surface area contributed by atoms with Crippen LogP contribution in [0.15, 0.2) is 36.4 Å². The molecule has 0 radical (unpaired) electrons. The molecule has 0 spiro atoms. The molecule has 108 valence electrons. The van der Waals surface area contributed by atoms with Crippen molar-refractivity contribution in [2.45, 2.75) is 39.0 Å². The number of carboxylic acids is 1. The van der Waals surface area contributed by atoms with Crippen LogP contribution in [0.2, 0.25) is 0 Å². The quantitative estimate of drug-likeness (QED) is 0.759. The summed E-state index contributed by atoms with van der Waals surface area (Å²) in [5, 5.41) is 9.27. The average molecular weight is 280 g/mol. The highest BCUT2D eigenvalue weighted by Gasteiger charge is 2.23. The van der Waals surface area contributed by atoms with E-state index < -0.39 is 5.97 Å². The van der Waals surface area contributed by atoms with Crippen molar-refractivity contribution >= 4 is 5.97 Å². The SMILES string of the molecule is CCCCc1ccc2c(c1CC(=O)O)Cc1ccccc1-2. The number of hydrogen-bond donors (Lipinski definition) is 1. The van der Waals surface area contributed by atoms with E-state index in [0.717, 1.165) is 31.2 Å². The summed E-state index contributed by atoms with van der Waals surface area (Å²) < 4.78 is 0. The van der Waals surface area contributed by atoms with E-state index in [9.17, 15) is 9.90 Å². The van der Waals surface area contributed by atoms with E-state index in [-0.39, 0.29) is 6.42 Å². The van der Waals surface area contributed by atoms with E-state index in [0.29, 0.717) is 0 Å². The number of unbranched alkanes of at least 4 members (excludes halogenated alkanes) is 1. The molecular weight excluding hydrogens is 260 g/mol. The van der Waals surface area contributed by atoms with Gasteiger partial charge in [0.15, 0.2) is 0 Å². The Morgan fingerprint density at radius 3 is 2.71 bits per heavy atom. The van der Waals surface area contributed by atoms with Crippen LogP contribution in [0.3, 0.4) is 0 Å². The molecule has 0 amide bonds. The lowest BCUT2D eigenvalue weighted by atomic mass is 9.91. The first-order chi connectivity index (χ1) is 10.2. The zero-order chi connectivity index (χ0) is 14.8. The second-order valence-electron chi connectivity index (χ2n) is 5.74. The fourth-order valence-electron chi connectivity index (χ4n) is 3.30. The lowest BCUT2D eigenvalue weighted by molar-refractivity contribution is -0.136. The highest BCUT2D eigenvalue weighted by molar-refractivity contribution is 5.81. The molecule has 1 aliphatic rings. The number of fused-ring (bicyclic) bond motifs is 3. The van der Waals surface area contributed by atoms with E-state index in [4.69, 9.17) is 0 Å². The van der Waals surface area contributed by atoms with Gasteiger partial charge in [0, 0.05) is 0 Å². The molecule has 0 unspecified atom stereocenters. The van der Waals surface area contributed by atoms with Crippen LogP contribution in [-0.4, -0.2) is 11.1 Å². The molecule has 0 aliphatic heterocycles. The first-order valence-corrected chi connectivity index (χ1v) is 7.64. The van der Waals surface area contributed by atoms with Gasteiger partial charge in [-0.3, -0.25) is 4.79 Å². The van der Waals surface area contributed by atoms with Crippen LogP contribution in [-0.2, 0) is 24.1 Å². The molecule has 0 bridgehead atoms. The average Bonchev–Trinajstić information content (AvgIpc) is 2.85. The maximum Gasteiger partial charge on any atom is 0.307 e. The minimum Gasteiger partial charge on any atom is -0.481 e. The highest BCUT2D eigenvalue weighted by Crippen LogP contribution is 2.39. The number of rotatable bonds is 5. The molecule has 0 saturated carbocycles. The van der Waals surface area contributed by atoms with Crippen molar-refractivity contribution in [3.8, 4) is 11.1 Å². The third kappa shape index (κ3) is 2.58. The first kappa shape index (κ1) is 13.9. The highest BCUT2D eigenvalue weighted by atomic mass is 16.4. The predicted octanol–water partition coefficient (Wildman–Crippen LogP) is 4.23. The van der Waals surface area contributed by atoms with E-state index in [1.807, 2.05) is 0 Å². The topological polar surface area (TPSA) is 37.3 Å². The molecule has 0 heterocycles. The number of aliphatic carboxylic acids is 1. The van der Waals surface area contributed by atoms with Crippen molar-refractivity contribution in [1.29, 1.82) is 0 Å². The minimum absolute atomic E-state index is 0.135. The maximum absolute atomic E-state index is 11.3. The number of hydrogen-bond acceptors (Lipinski definition) is 1. The largest absolute Gasteiger partial charge is 0.481 e. The summed E-state index contributed by atoms with van der Waals surface area (Å²) in [7, 11) is 0. The van der Waals surface area contributed by atoms with Crippen LogP contribution in [0.25, 0.3) is 11.1 Å². The van der Waals surface area contributed by atoms with Crippen molar-refractivity contribution in [3.63, 3.8) is 0 Å². The Hall–Kier alpha value is -2.09. The zero-order valence-corrected chi connectivity index (χ0v) is 12.4. The Bertz CT molecular complexity index is 686. The summed E-state index contributed by atoms with van der Waals surface area (Å²) in [4.78, 5) is 11.3. The summed E-state index contributed by atoms with van der Waals surface area (Å²) in [6, 6.07) is 12.7. The van der Waals surface area contributed by atoms with E-state index in [1.54, 1.807) is 0 Å². The van der Waals surface area contributed by atoms with Gasteiger partial charge in [-0.05, 0) is 52.6 Å². The molecule has 2 heteroatoms. The summed E-state index contributed by atoms with van der Waals surface area (Å²) >= 11 is 0. The van der Waals surface area contributed by atoms with Gasteiger partial charge in [0.2, 0.25) is 0 Å². The molecule has 1 N–H and O–H groups in total. The van der Waals surface area contributed by atoms with Gasteiger partial charge in [-0.15, -0.1) is 0 Å². The first-order valence-electron chi connectivity index (χ1n) is 7.64. The minimum atomic E-state index is -0.739. The second-order valence-corrected chi connectivity index (χ2v) is 5.74. The second kappa shape index (κ2) is 5.72. The fourth-order valence-corrected chi connectivity index (χ4v) is 3.30. The summed E-state index contributed by atoms with van der Waals surface area (Å²) in [6.45, 7) is 2.17. The third-order valence-corrected chi connectivity index (χ3v) is 4.33. The summed E-state index contributed by atoms with van der Waals surface area (Å²) in [5.41, 5.74) is 7.29. The van der Waals surface area contributed by atoms with Gasteiger partial charge in [0.25, 0.3) is 0 Å². The van der Waals surface area contributed by atoms with Gasteiger partial charge in [-0.2, -0.15) is 0 Å². The molecule has 0 saturated heterocycles. The zero-order valence-electron chi connectivity index (χ0n) is 12.4. The van der Waals surface area contributed by atoms with Gasteiger partial charge in [0.1, 0.15) is 0 Å². The Balaban J connectivity index is 2.08. The predicted molar refractivity (Wildman–Crippen MR) is 84.6 cm³/mol. The van der Waals surface area contributed by atoms with E-state index in [1.165, 1.54) is 27.8 Å². The number of aryl methyl sites for hydroxylation is 1. The molecule has 2 nitrogen and oxygen atoms in total. The summed E-state index contributed by atoms with van der Waals surface area (Å²) in [5.74, 6) is -0.739. The van der Waals surface area contributed by atoms with Crippen molar-refractivity contribution in [1.82, 2.24) is 0 Å². The van der Waals surface area contributed by atoms with Crippen LogP contribution >= 0.6 is 0 Å². The molecular formula is C19H20O2. The molecule has 2 aromatic carbocycles. The Morgan fingerprint density at radius 1 is 1.14 bits per heavy atom. The molecule has 0 aromatic heterocycles. The molecule has 21 heavy (non-hydrogen) atoms. The fraction of sp³-hybridized carbons (Fsp3) is 0.316. The lowest BCUT2D eigenvalue weighted by Gasteiger charge is -2.13. The van der Waals surface area contributed by atoms with Crippen molar-refractivity contribution in [2.75, 3.05) is 0 Å². The van der Waals surface area contributed by atoms with Crippen LogP contribution in [0.4, 0.5) is 0 Å². The Morgan fingerprint density at radius 2 is 1.95 bits per heavy atom. The normalized spacial score (nSPS) is 12.0. The molecule has 0 atom stereocenters. The number of benzene rings is 2. The standard InChI is InChI=1S/C19H20O2/c1-2-3-6-13-9-10-16-15-8-5-4-7-14(15)11-18(16)17(13)12-19(20)21/h4-5,7-10H,2-3,6,11-12H2,1H3,(H,20,21).